The summed E-state index contributed by atoms with van der Waals surface area (Å²) >= 11 is 0. The molecule has 4 aromatic rings. The van der Waals surface area contributed by atoms with E-state index < -0.39 is 15.6 Å². The number of benzene rings is 2. The van der Waals surface area contributed by atoms with E-state index in [2.05, 4.69) is 25.1 Å². The molecule has 172 valence electrons. The van der Waals surface area contributed by atoms with Crippen molar-refractivity contribution < 1.29 is 17.4 Å². The van der Waals surface area contributed by atoms with Crippen LogP contribution < -0.4 is 10.5 Å². The molecule has 0 aliphatic rings. The van der Waals surface area contributed by atoms with Crippen LogP contribution in [-0.2, 0) is 22.0 Å². The van der Waals surface area contributed by atoms with Crippen molar-refractivity contribution >= 4 is 15.7 Å². The average molecular weight is 469 g/mol. The monoisotopic (exact) mass is 468 g/mol. The van der Waals surface area contributed by atoms with Gasteiger partial charge in [-0.05, 0) is 51.0 Å². The highest BCUT2D eigenvalue weighted by Crippen LogP contribution is 2.31. The summed E-state index contributed by atoms with van der Waals surface area (Å²) in [6, 6.07) is 14.7. The third-order valence-corrected chi connectivity index (χ3v) is 6.24. The van der Waals surface area contributed by atoms with Crippen LogP contribution in [0, 0.1) is 6.92 Å². The Morgan fingerprint density at radius 3 is 2.39 bits per heavy atom. The zero-order chi connectivity index (χ0) is 23.6. The highest BCUT2D eigenvalue weighted by atomic mass is 32.2. The predicted molar refractivity (Wildman–Crippen MR) is 123 cm³/mol. The molecule has 0 amide bonds. The van der Waals surface area contributed by atoms with E-state index in [0.717, 1.165) is 5.56 Å². The smallest absolute Gasteiger partial charge is 0.258 e. The molecular formula is C22H24N6O4S. The Morgan fingerprint density at radius 1 is 1.06 bits per heavy atom. The second-order valence-corrected chi connectivity index (χ2v) is 9.95. The van der Waals surface area contributed by atoms with Gasteiger partial charge in [-0.15, -0.1) is 10.2 Å². The zero-order valence-electron chi connectivity index (χ0n) is 18.4. The first-order valence-electron chi connectivity index (χ1n) is 10.3. The van der Waals surface area contributed by atoms with E-state index >= 15 is 0 Å². The van der Waals surface area contributed by atoms with Crippen LogP contribution in [0.2, 0.25) is 0 Å². The third kappa shape index (κ3) is 5.26. The van der Waals surface area contributed by atoms with Gasteiger partial charge in [0.1, 0.15) is 0 Å². The Morgan fingerprint density at radius 2 is 1.76 bits per heavy atom. The average Bonchev–Trinajstić information content (AvgIpc) is 3.44. The maximum atomic E-state index is 12.1. The number of sulfonamides is 1. The van der Waals surface area contributed by atoms with Crippen molar-refractivity contribution in [3.8, 4) is 22.9 Å². The molecule has 4 rings (SSSR count). The summed E-state index contributed by atoms with van der Waals surface area (Å²) in [5.74, 6) is 1.05. The van der Waals surface area contributed by atoms with Crippen LogP contribution in [0.15, 0.2) is 57.5 Å². The Kier molecular flexibility index (Phi) is 6.00. The molecule has 2 aromatic heterocycles. The van der Waals surface area contributed by atoms with Gasteiger partial charge in [0, 0.05) is 11.1 Å². The highest BCUT2D eigenvalue weighted by molar-refractivity contribution is 7.92. The van der Waals surface area contributed by atoms with Crippen molar-refractivity contribution in [3.05, 3.63) is 65.8 Å². The summed E-state index contributed by atoms with van der Waals surface area (Å²) in [4.78, 5) is 4.22. The van der Waals surface area contributed by atoms with Crippen molar-refractivity contribution in [2.75, 3.05) is 10.5 Å². The number of aryl methyl sites for hydroxylation is 1. The lowest BCUT2D eigenvalue weighted by molar-refractivity contribution is 0.355. The van der Waals surface area contributed by atoms with Gasteiger partial charge in [0.05, 0.1) is 17.0 Å². The van der Waals surface area contributed by atoms with E-state index in [1.165, 1.54) is 0 Å². The lowest BCUT2D eigenvalue weighted by atomic mass is 9.94. The van der Waals surface area contributed by atoms with E-state index in [1.54, 1.807) is 32.0 Å². The second kappa shape index (κ2) is 8.75. The molecule has 0 spiro atoms. The molecule has 0 saturated carbocycles. The number of nitrogens with two attached hydrogens (primary N) is 1. The number of rotatable bonds is 8. The number of hydrogen-bond donors (Lipinski definition) is 2. The highest BCUT2D eigenvalue weighted by Gasteiger charge is 2.29. The van der Waals surface area contributed by atoms with E-state index in [0.29, 0.717) is 29.1 Å². The summed E-state index contributed by atoms with van der Waals surface area (Å²) < 4.78 is 38.0. The second-order valence-electron chi connectivity index (χ2n) is 7.94. The molecule has 0 radical (unpaired) electrons. The molecule has 2 aromatic carbocycles. The van der Waals surface area contributed by atoms with Crippen LogP contribution in [0.4, 0.5) is 5.69 Å². The number of anilines is 1. The Bertz CT molecular complexity index is 1360. The van der Waals surface area contributed by atoms with Crippen LogP contribution in [-0.4, -0.2) is 34.5 Å². The molecular weight excluding hydrogens is 444 g/mol. The molecule has 3 N–H and O–H groups in total. The van der Waals surface area contributed by atoms with Gasteiger partial charge in [0.15, 0.2) is 5.82 Å². The minimum absolute atomic E-state index is 0.0814. The van der Waals surface area contributed by atoms with E-state index in [-0.39, 0.29) is 23.4 Å². The Hall–Kier alpha value is -3.57. The molecule has 2 heterocycles. The summed E-state index contributed by atoms with van der Waals surface area (Å²) in [6.45, 7) is 5.06. The third-order valence-electron chi connectivity index (χ3n) is 4.94. The fraction of sp³-hybridized carbons (Fsp3) is 0.273. The summed E-state index contributed by atoms with van der Waals surface area (Å²) in [5.41, 5.74) is 7.91. The quantitative estimate of drug-likeness (QED) is 0.397. The maximum Gasteiger partial charge on any atom is 0.258 e. The first-order chi connectivity index (χ1) is 15.6. The van der Waals surface area contributed by atoms with Crippen molar-refractivity contribution in [1.82, 2.24) is 20.3 Å². The zero-order valence-corrected chi connectivity index (χ0v) is 19.3. The Balaban J connectivity index is 1.71. The summed E-state index contributed by atoms with van der Waals surface area (Å²) in [7, 11) is -3.52. The molecule has 0 saturated heterocycles. The van der Waals surface area contributed by atoms with Gasteiger partial charge in [0.25, 0.3) is 5.89 Å². The van der Waals surface area contributed by atoms with Gasteiger partial charge in [-0.2, -0.15) is 4.98 Å². The first-order valence-corrected chi connectivity index (χ1v) is 11.9. The lowest BCUT2D eigenvalue weighted by Gasteiger charge is -2.20. The number of nitrogens with zero attached hydrogens (tertiary/aromatic N) is 4. The largest absolute Gasteiger partial charge is 0.419 e. The van der Waals surface area contributed by atoms with Crippen molar-refractivity contribution in [3.63, 3.8) is 0 Å². The van der Waals surface area contributed by atoms with Gasteiger partial charge < -0.3 is 14.7 Å². The predicted octanol–water partition coefficient (Wildman–Crippen LogP) is 3.27. The SMILES string of the molecule is CCS(=O)(=O)Nc1cc(-c2nc(C)no2)cc(-c2nnc(C(C)(N)Cc3ccccc3)o2)c1. The standard InChI is InChI=1S/C22H24N6O4S/c1-4-33(29,30)28-18-11-16(19-24-14(2)27-32-19)10-17(12-18)20-25-26-21(31-20)22(3,23)13-15-8-6-5-7-9-15/h5-12,28H,4,13,23H2,1-3H3. The van der Waals surface area contributed by atoms with E-state index in [9.17, 15) is 8.42 Å². The fourth-order valence-corrected chi connectivity index (χ4v) is 3.89. The maximum absolute atomic E-state index is 12.1. The molecule has 0 bridgehead atoms. The summed E-state index contributed by atoms with van der Waals surface area (Å²) in [5, 5.41) is 12.1. The van der Waals surface area contributed by atoms with Gasteiger partial charge in [-0.3, -0.25) is 4.72 Å². The molecule has 11 heteroatoms. The van der Waals surface area contributed by atoms with Gasteiger partial charge in [0.2, 0.25) is 21.8 Å². The van der Waals surface area contributed by atoms with Crippen LogP contribution in [0.5, 0.6) is 0 Å². The minimum Gasteiger partial charge on any atom is -0.419 e. The van der Waals surface area contributed by atoms with Crippen LogP contribution >= 0.6 is 0 Å². The van der Waals surface area contributed by atoms with Crippen LogP contribution in [0.3, 0.4) is 0 Å². The lowest BCUT2D eigenvalue weighted by Crippen LogP contribution is -2.35. The molecule has 1 atom stereocenters. The van der Waals surface area contributed by atoms with Crippen molar-refractivity contribution in [2.45, 2.75) is 32.7 Å². The molecule has 1 unspecified atom stereocenters. The fourth-order valence-electron chi connectivity index (χ4n) is 3.27. The van der Waals surface area contributed by atoms with Crippen molar-refractivity contribution in [2.24, 2.45) is 5.73 Å². The van der Waals surface area contributed by atoms with Crippen molar-refractivity contribution in [1.29, 1.82) is 0 Å². The minimum atomic E-state index is -3.52. The van der Waals surface area contributed by atoms with E-state index in [1.807, 2.05) is 37.3 Å². The van der Waals surface area contributed by atoms with Gasteiger partial charge in [-0.25, -0.2) is 8.42 Å². The molecule has 0 aliphatic carbocycles. The van der Waals surface area contributed by atoms with Crippen LogP contribution in [0.25, 0.3) is 22.9 Å². The van der Waals surface area contributed by atoms with Crippen LogP contribution in [0.1, 0.15) is 31.1 Å². The van der Waals surface area contributed by atoms with Gasteiger partial charge in [-0.1, -0.05) is 35.5 Å². The normalized spacial score (nSPS) is 13.6. The molecule has 0 aliphatic heterocycles. The Labute approximate surface area is 191 Å². The molecule has 33 heavy (non-hydrogen) atoms. The number of hydrogen-bond acceptors (Lipinski definition) is 9. The number of aromatic nitrogens is 4. The first kappa shape index (κ1) is 22.6. The van der Waals surface area contributed by atoms with Gasteiger partial charge >= 0.3 is 0 Å². The van der Waals surface area contributed by atoms with E-state index in [4.69, 9.17) is 14.7 Å². The molecule has 0 fully saturated rings. The number of nitrogens with one attached hydrogen (secondary N) is 1. The molecule has 10 nitrogen and oxygen atoms in total. The summed E-state index contributed by atoms with van der Waals surface area (Å²) in [6.07, 6.45) is 0.498. The topological polar surface area (TPSA) is 150 Å².